The maximum atomic E-state index is 12.3. The van der Waals surface area contributed by atoms with Gasteiger partial charge in [-0.25, -0.2) is 14.4 Å². The molecule has 36 heavy (non-hydrogen) atoms. The van der Waals surface area contributed by atoms with Crippen LogP contribution in [0.2, 0.25) is 0 Å². The number of nitrogens with one attached hydrogen (secondary N) is 1. The van der Waals surface area contributed by atoms with Gasteiger partial charge in [0.15, 0.2) is 24.7 Å². The molecule has 1 saturated carbocycles. The number of carbonyl (C=O) groups is 4. The lowest BCUT2D eigenvalue weighted by Crippen LogP contribution is -2.35. The number of rotatable bonds is 11. The molecule has 1 amide bonds. The molecule has 1 aliphatic carbocycles. The van der Waals surface area contributed by atoms with Crippen LogP contribution >= 0.6 is 0 Å². The van der Waals surface area contributed by atoms with Gasteiger partial charge in [-0.2, -0.15) is 13.2 Å². The Morgan fingerprint density at radius 1 is 0.944 bits per heavy atom. The number of aliphatic carboxylic acids is 3. The van der Waals surface area contributed by atoms with Crippen LogP contribution in [-0.2, 0) is 25.6 Å². The summed E-state index contributed by atoms with van der Waals surface area (Å²) in [6.45, 7) is -0.0313. The SMILES string of the molecule is NC[C@H]1CC[C@H](C(=O)NCCc2ccc(OCC(=O)O)c(OCC(=O)O)c2)CC1.O=C(O)C(F)(F)F. The third-order valence-corrected chi connectivity index (χ3v) is 5.22. The standard InChI is InChI=1S/C20H28N2O7.C2HF3O2/c21-10-14-1-4-15(5-2-14)20(27)22-8-7-13-3-6-16(28-11-18(23)24)17(9-13)29-12-19(25)26;3-2(4,5)1(6)7/h3,6,9,14-15H,1-2,4-5,7-8,10-12,21H2,(H,22,27)(H,23,24)(H,25,26);(H,6,7)/t14-,15-;. The molecule has 6 N–H and O–H groups in total. The van der Waals surface area contributed by atoms with E-state index in [-0.39, 0.29) is 23.3 Å². The molecular formula is C22H29F3N2O9. The van der Waals surface area contributed by atoms with Gasteiger partial charge in [0.25, 0.3) is 0 Å². The topological polar surface area (TPSA) is 185 Å². The lowest BCUT2D eigenvalue weighted by molar-refractivity contribution is -0.192. The Balaban J connectivity index is 0.000000809. The Morgan fingerprint density at radius 2 is 1.47 bits per heavy atom. The summed E-state index contributed by atoms with van der Waals surface area (Å²) in [7, 11) is 0. The number of hydrogen-bond acceptors (Lipinski definition) is 7. The number of amides is 1. The molecule has 0 spiro atoms. The highest BCUT2D eigenvalue weighted by atomic mass is 19.4. The van der Waals surface area contributed by atoms with E-state index in [0.29, 0.717) is 25.4 Å². The fraction of sp³-hybridized carbons (Fsp3) is 0.545. The largest absolute Gasteiger partial charge is 0.490 e. The quantitative estimate of drug-likeness (QED) is 0.286. The van der Waals surface area contributed by atoms with Crippen LogP contribution < -0.4 is 20.5 Å². The van der Waals surface area contributed by atoms with Crippen LogP contribution in [-0.4, -0.2) is 71.6 Å². The molecule has 1 aliphatic rings. The molecule has 0 aliphatic heterocycles. The highest BCUT2D eigenvalue weighted by Gasteiger charge is 2.38. The van der Waals surface area contributed by atoms with Crippen LogP contribution in [0.5, 0.6) is 11.5 Å². The maximum absolute atomic E-state index is 12.3. The van der Waals surface area contributed by atoms with Gasteiger partial charge in [0.05, 0.1) is 0 Å². The Morgan fingerprint density at radius 3 is 1.94 bits per heavy atom. The molecule has 0 radical (unpaired) electrons. The number of benzene rings is 1. The summed E-state index contributed by atoms with van der Waals surface area (Å²) in [4.78, 5) is 42.7. The Kier molecular flexibility index (Phi) is 12.5. The zero-order valence-electron chi connectivity index (χ0n) is 19.3. The fourth-order valence-electron chi connectivity index (χ4n) is 3.35. The Labute approximate surface area is 204 Å². The second-order valence-corrected chi connectivity index (χ2v) is 7.94. The van der Waals surface area contributed by atoms with Crippen molar-refractivity contribution < 1.29 is 57.1 Å². The molecule has 0 atom stereocenters. The van der Waals surface area contributed by atoms with E-state index < -0.39 is 37.3 Å². The van der Waals surface area contributed by atoms with Crippen LogP contribution in [0.25, 0.3) is 0 Å². The van der Waals surface area contributed by atoms with E-state index in [4.69, 9.17) is 35.3 Å². The fourth-order valence-corrected chi connectivity index (χ4v) is 3.35. The van der Waals surface area contributed by atoms with E-state index in [0.717, 1.165) is 31.2 Å². The average Bonchev–Trinajstić information content (AvgIpc) is 2.81. The van der Waals surface area contributed by atoms with Gasteiger partial charge >= 0.3 is 24.1 Å². The smallest absolute Gasteiger partial charge is 0.479 e. The first kappa shape index (κ1) is 30.5. The van der Waals surface area contributed by atoms with Gasteiger partial charge in [-0.05, 0) is 62.3 Å². The summed E-state index contributed by atoms with van der Waals surface area (Å²) in [5, 5.41) is 27.6. The Bertz CT molecular complexity index is 901. The molecule has 0 saturated heterocycles. The molecule has 11 nitrogen and oxygen atoms in total. The molecule has 0 unspecified atom stereocenters. The summed E-state index contributed by atoms with van der Waals surface area (Å²) >= 11 is 0. The molecule has 0 heterocycles. The van der Waals surface area contributed by atoms with Gasteiger partial charge in [-0.3, -0.25) is 4.79 Å². The second kappa shape index (κ2) is 14.8. The lowest BCUT2D eigenvalue weighted by Gasteiger charge is -2.26. The first-order chi connectivity index (χ1) is 16.8. The minimum atomic E-state index is -5.08. The number of halogens is 3. The predicted molar refractivity (Wildman–Crippen MR) is 118 cm³/mol. The molecule has 2 rings (SSSR count). The summed E-state index contributed by atoms with van der Waals surface area (Å²) in [6.07, 6.45) is -0.882. The van der Waals surface area contributed by atoms with E-state index in [2.05, 4.69) is 5.32 Å². The van der Waals surface area contributed by atoms with Crippen molar-refractivity contribution in [1.82, 2.24) is 5.32 Å². The summed E-state index contributed by atoms with van der Waals surface area (Å²) in [6, 6.07) is 4.85. The van der Waals surface area contributed by atoms with Crippen molar-refractivity contribution in [3.05, 3.63) is 23.8 Å². The number of carbonyl (C=O) groups excluding carboxylic acids is 1. The molecular weight excluding hydrogens is 493 g/mol. The van der Waals surface area contributed by atoms with Crippen molar-refractivity contribution in [3.63, 3.8) is 0 Å². The second-order valence-electron chi connectivity index (χ2n) is 7.94. The van der Waals surface area contributed by atoms with Crippen LogP contribution in [0.3, 0.4) is 0 Å². The Hall–Kier alpha value is -3.55. The first-order valence-corrected chi connectivity index (χ1v) is 10.9. The number of alkyl halides is 3. The van der Waals surface area contributed by atoms with E-state index in [1.54, 1.807) is 12.1 Å². The van der Waals surface area contributed by atoms with Crippen molar-refractivity contribution in [1.29, 1.82) is 0 Å². The number of nitrogens with two attached hydrogens (primary N) is 1. The number of carboxylic acid groups (broad SMARTS) is 3. The highest BCUT2D eigenvalue weighted by molar-refractivity contribution is 5.78. The van der Waals surface area contributed by atoms with Crippen molar-refractivity contribution in [2.75, 3.05) is 26.3 Å². The van der Waals surface area contributed by atoms with Gasteiger partial charge in [-0.1, -0.05) is 6.07 Å². The third kappa shape index (κ3) is 11.7. The number of hydrogen-bond donors (Lipinski definition) is 5. The van der Waals surface area contributed by atoms with Crippen molar-refractivity contribution in [2.45, 2.75) is 38.3 Å². The maximum Gasteiger partial charge on any atom is 0.490 e. The third-order valence-electron chi connectivity index (χ3n) is 5.22. The molecule has 1 aromatic carbocycles. The van der Waals surface area contributed by atoms with Crippen LogP contribution in [0.4, 0.5) is 13.2 Å². The van der Waals surface area contributed by atoms with Crippen LogP contribution in [0.1, 0.15) is 31.2 Å². The zero-order valence-corrected chi connectivity index (χ0v) is 19.3. The van der Waals surface area contributed by atoms with E-state index in [9.17, 15) is 27.6 Å². The molecule has 14 heteroatoms. The molecule has 1 aromatic rings. The monoisotopic (exact) mass is 522 g/mol. The lowest BCUT2D eigenvalue weighted by atomic mass is 9.81. The highest BCUT2D eigenvalue weighted by Crippen LogP contribution is 2.29. The molecule has 0 aromatic heterocycles. The van der Waals surface area contributed by atoms with Crippen LogP contribution in [0.15, 0.2) is 18.2 Å². The van der Waals surface area contributed by atoms with E-state index in [1.165, 1.54) is 6.07 Å². The minimum Gasteiger partial charge on any atom is -0.479 e. The first-order valence-electron chi connectivity index (χ1n) is 10.9. The summed E-state index contributed by atoms with van der Waals surface area (Å²) < 4.78 is 42.1. The van der Waals surface area contributed by atoms with Gasteiger partial charge in [0.1, 0.15) is 0 Å². The summed E-state index contributed by atoms with van der Waals surface area (Å²) in [5.74, 6) is -4.17. The van der Waals surface area contributed by atoms with E-state index in [1.807, 2.05) is 0 Å². The summed E-state index contributed by atoms with van der Waals surface area (Å²) in [5.41, 5.74) is 6.49. The molecule has 1 fully saturated rings. The zero-order chi connectivity index (χ0) is 27.3. The van der Waals surface area contributed by atoms with Crippen molar-refractivity contribution in [2.24, 2.45) is 17.6 Å². The van der Waals surface area contributed by atoms with Gasteiger partial charge in [0.2, 0.25) is 5.91 Å². The van der Waals surface area contributed by atoms with Gasteiger partial charge in [0, 0.05) is 12.5 Å². The van der Waals surface area contributed by atoms with Crippen molar-refractivity contribution in [3.8, 4) is 11.5 Å². The van der Waals surface area contributed by atoms with Gasteiger partial charge in [-0.15, -0.1) is 0 Å². The van der Waals surface area contributed by atoms with Gasteiger partial charge < -0.3 is 35.8 Å². The van der Waals surface area contributed by atoms with Crippen LogP contribution in [0, 0.1) is 11.8 Å². The molecule has 202 valence electrons. The number of ether oxygens (including phenoxy) is 2. The molecule has 0 bridgehead atoms. The minimum absolute atomic E-state index is 0.0269. The number of carboxylic acids is 3. The van der Waals surface area contributed by atoms with Crippen molar-refractivity contribution >= 4 is 23.8 Å². The van der Waals surface area contributed by atoms with E-state index >= 15 is 0 Å². The predicted octanol–water partition coefficient (Wildman–Crippen LogP) is 1.67. The normalized spacial score (nSPS) is 17.2. The average molecular weight is 522 g/mol.